The van der Waals surface area contributed by atoms with Crippen LogP contribution in [0.1, 0.15) is 6.92 Å². The van der Waals surface area contributed by atoms with Crippen molar-refractivity contribution in [1.82, 2.24) is 9.78 Å². The topological polar surface area (TPSA) is 17.8 Å². The third-order valence-corrected chi connectivity index (χ3v) is 2.44. The summed E-state index contributed by atoms with van der Waals surface area (Å²) in [4.78, 5) is 0. The minimum absolute atomic E-state index is 0.574. The summed E-state index contributed by atoms with van der Waals surface area (Å²) in [6.45, 7) is 3.09. The number of thiol groups is 1. The quantitative estimate of drug-likeness (QED) is 0.795. The van der Waals surface area contributed by atoms with Crippen molar-refractivity contribution < 1.29 is 0 Å². The van der Waals surface area contributed by atoms with E-state index >= 15 is 0 Å². The average Bonchev–Trinajstić information content (AvgIpc) is 2.35. The van der Waals surface area contributed by atoms with Gasteiger partial charge in [0.2, 0.25) is 0 Å². The maximum Gasteiger partial charge on any atom is 0.0632 e. The van der Waals surface area contributed by atoms with E-state index in [1.54, 1.807) is 6.20 Å². The second-order valence-corrected chi connectivity index (χ2v) is 3.95. The third kappa shape index (κ3) is 2.87. The standard InChI is InChI=1S/C7H11BrN2S/c1-6(5-11)3-10-4-7(8)2-9-10/h2,4,6,11H,3,5H2,1H3. The zero-order chi connectivity index (χ0) is 8.27. The Morgan fingerprint density at radius 1 is 1.82 bits per heavy atom. The van der Waals surface area contributed by atoms with E-state index in [1.807, 2.05) is 10.9 Å². The molecule has 2 nitrogen and oxygen atoms in total. The first-order valence-electron chi connectivity index (χ1n) is 3.51. The van der Waals surface area contributed by atoms with E-state index in [4.69, 9.17) is 0 Å². The predicted octanol–water partition coefficient (Wildman–Crippen LogP) is 2.21. The van der Waals surface area contributed by atoms with Crippen molar-refractivity contribution in [3.63, 3.8) is 0 Å². The number of hydrogen-bond donors (Lipinski definition) is 1. The molecule has 0 saturated carbocycles. The molecule has 1 aromatic rings. The van der Waals surface area contributed by atoms with Gasteiger partial charge in [-0.3, -0.25) is 4.68 Å². The van der Waals surface area contributed by atoms with Crippen molar-refractivity contribution in [2.75, 3.05) is 5.75 Å². The summed E-state index contributed by atoms with van der Waals surface area (Å²) in [7, 11) is 0. The molecule has 0 aromatic carbocycles. The van der Waals surface area contributed by atoms with Crippen LogP contribution in [-0.2, 0) is 6.54 Å². The maximum absolute atomic E-state index is 4.20. The molecule has 1 atom stereocenters. The number of aromatic nitrogens is 2. The van der Waals surface area contributed by atoms with Gasteiger partial charge in [-0.1, -0.05) is 6.92 Å². The fraction of sp³-hybridized carbons (Fsp3) is 0.571. The van der Waals surface area contributed by atoms with Gasteiger partial charge in [-0.05, 0) is 27.6 Å². The van der Waals surface area contributed by atoms with E-state index < -0.39 is 0 Å². The van der Waals surface area contributed by atoms with Crippen LogP contribution in [0, 0.1) is 5.92 Å². The van der Waals surface area contributed by atoms with Crippen LogP contribution in [0.4, 0.5) is 0 Å². The Morgan fingerprint density at radius 2 is 2.55 bits per heavy atom. The predicted molar refractivity (Wildman–Crippen MR) is 52.9 cm³/mol. The van der Waals surface area contributed by atoms with Gasteiger partial charge in [-0.25, -0.2) is 0 Å². The molecule has 0 saturated heterocycles. The summed E-state index contributed by atoms with van der Waals surface area (Å²) in [5.74, 6) is 1.47. The van der Waals surface area contributed by atoms with Crippen LogP contribution < -0.4 is 0 Å². The van der Waals surface area contributed by atoms with Crippen molar-refractivity contribution in [3.8, 4) is 0 Å². The molecule has 4 heteroatoms. The SMILES string of the molecule is CC(CS)Cn1cc(Br)cn1. The largest absolute Gasteiger partial charge is 0.271 e. The lowest BCUT2D eigenvalue weighted by atomic mass is 10.2. The molecule has 1 aromatic heterocycles. The van der Waals surface area contributed by atoms with E-state index in [2.05, 4.69) is 40.6 Å². The highest BCUT2D eigenvalue weighted by molar-refractivity contribution is 9.10. The van der Waals surface area contributed by atoms with Gasteiger partial charge in [0.15, 0.2) is 0 Å². The molecular weight excluding hydrogens is 224 g/mol. The van der Waals surface area contributed by atoms with Gasteiger partial charge in [0.25, 0.3) is 0 Å². The Hall–Kier alpha value is 0.0400. The van der Waals surface area contributed by atoms with Gasteiger partial charge in [0.05, 0.1) is 10.7 Å². The van der Waals surface area contributed by atoms with Crippen LogP contribution in [-0.4, -0.2) is 15.5 Å². The highest BCUT2D eigenvalue weighted by Crippen LogP contribution is 2.08. The van der Waals surface area contributed by atoms with Crippen molar-refractivity contribution in [1.29, 1.82) is 0 Å². The minimum Gasteiger partial charge on any atom is -0.271 e. The first kappa shape index (κ1) is 9.13. The van der Waals surface area contributed by atoms with Crippen LogP contribution in [0.15, 0.2) is 16.9 Å². The van der Waals surface area contributed by atoms with Crippen molar-refractivity contribution in [3.05, 3.63) is 16.9 Å². The molecule has 0 fully saturated rings. The van der Waals surface area contributed by atoms with Crippen LogP contribution >= 0.6 is 28.6 Å². The summed E-state index contributed by atoms with van der Waals surface area (Å²) >= 11 is 7.54. The van der Waals surface area contributed by atoms with E-state index in [9.17, 15) is 0 Å². The zero-order valence-electron chi connectivity index (χ0n) is 6.37. The fourth-order valence-electron chi connectivity index (χ4n) is 0.815. The van der Waals surface area contributed by atoms with Crippen molar-refractivity contribution >= 4 is 28.6 Å². The average molecular weight is 235 g/mol. The molecule has 0 aliphatic carbocycles. The molecule has 0 aliphatic rings. The Bertz CT molecular complexity index is 224. The maximum atomic E-state index is 4.20. The van der Waals surface area contributed by atoms with Gasteiger partial charge in [0, 0.05) is 12.7 Å². The van der Waals surface area contributed by atoms with Gasteiger partial charge in [0.1, 0.15) is 0 Å². The van der Waals surface area contributed by atoms with Crippen molar-refractivity contribution in [2.45, 2.75) is 13.5 Å². The monoisotopic (exact) mass is 234 g/mol. The lowest BCUT2D eigenvalue weighted by molar-refractivity contribution is 0.490. The lowest BCUT2D eigenvalue weighted by Gasteiger charge is -2.06. The Morgan fingerprint density at radius 3 is 3.00 bits per heavy atom. The number of rotatable bonds is 3. The molecule has 62 valence electrons. The summed E-state index contributed by atoms with van der Waals surface area (Å²) in [6, 6.07) is 0. The second-order valence-electron chi connectivity index (χ2n) is 2.67. The Balaban J connectivity index is 2.50. The molecule has 1 rings (SSSR count). The van der Waals surface area contributed by atoms with Crippen LogP contribution in [0.2, 0.25) is 0 Å². The normalized spacial score (nSPS) is 13.4. The smallest absolute Gasteiger partial charge is 0.0632 e. The Labute approximate surface area is 80.5 Å². The van der Waals surface area contributed by atoms with E-state index in [0.717, 1.165) is 16.8 Å². The van der Waals surface area contributed by atoms with Gasteiger partial charge in [-0.2, -0.15) is 17.7 Å². The van der Waals surface area contributed by atoms with Crippen LogP contribution in [0.25, 0.3) is 0 Å². The second kappa shape index (κ2) is 4.16. The molecular formula is C7H11BrN2S. The van der Waals surface area contributed by atoms with E-state index in [1.165, 1.54) is 0 Å². The van der Waals surface area contributed by atoms with Gasteiger partial charge >= 0.3 is 0 Å². The summed E-state index contributed by atoms with van der Waals surface area (Å²) in [5.41, 5.74) is 0. The molecule has 0 bridgehead atoms. The first-order valence-corrected chi connectivity index (χ1v) is 4.93. The summed E-state index contributed by atoms with van der Waals surface area (Å²) in [6.07, 6.45) is 3.77. The van der Waals surface area contributed by atoms with Crippen LogP contribution in [0.3, 0.4) is 0 Å². The van der Waals surface area contributed by atoms with Gasteiger partial charge in [-0.15, -0.1) is 0 Å². The zero-order valence-corrected chi connectivity index (χ0v) is 8.85. The summed E-state index contributed by atoms with van der Waals surface area (Å²) in [5, 5.41) is 4.14. The first-order chi connectivity index (χ1) is 5.22. The number of nitrogens with zero attached hydrogens (tertiary/aromatic N) is 2. The van der Waals surface area contributed by atoms with Crippen molar-refractivity contribution in [2.24, 2.45) is 5.92 Å². The molecule has 0 amide bonds. The molecule has 1 unspecified atom stereocenters. The molecule has 0 spiro atoms. The highest BCUT2D eigenvalue weighted by atomic mass is 79.9. The van der Waals surface area contributed by atoms with Crippen LogP contribution in [0.5, 0.6) is 0 Å². The summed E-state index contributed by atoms with van der Waals surface area (Å²) < 4.78 is 2.95. The van der Waals surface area contributed by atoms with E-state index in [-0.39, 0.29) is 0 Å². The van der Waals surface area contributed by atoms with E-state index in [0.29, 0.717) is 5.92 Å². The fourth-order valence-corrected chi connectivity index (χ4v) is 1.26. The molecule has 11 heavy (non-hydrogen) atoms. The minimum atomic E-state index is 0.574. The van der Waals surface area contributed by atoms with Gasteiger partial charge < -0.3 is 0 Å². The number of hydrogen-bond acceptors (Lipinski definition) is 2. The molecule has 0 aliphatic heterocycles. The lowest BCUT2D eigenvalue weighted by Crippen LogP contribution is -2.08. The molecule has 0 radical (unpaired) electrons. The Kier molecular flexibility index (Phi) is 3.45. The number of halogens is 1. The third-order valence-electron chi connectivity index (χ3n) is 1.41. The molecule has 0 N–H and O–H groups in total. The molecule has 1 heterocycles. The highest BCUT2D eigenvalue weighted by Gasteiger charge is 2.00.